The van der Waals surface area contributed by atoms with Crippen LogP contribution in [-0.4, -0.2) is 48.8 Å². The van der Waals surface area contributed by atoms with E-state index in [1.54, 1.807) is 54.6 Å². The lowest BCUT2D eigenvalue weighted by molar-refractivity contribution is -0.125. The highest BCUT2D eigenvalue weighted by Gasteiger charge is 2.42. The van der Waals surface area contributed by atoms with Crippen LogP contribution in [0.5, 0.6) is 11.5 Å². The molecular weight excluding hydrogens is 450 g/mol. The fourth-order valence-electron chi connectivity index (χ4n) is 3.84. The van der Waals surface area contributed by atoms with Crippen molar-refractivity contribution < 1.29 is 28.7 Å². The average molecular weight is 473 g/mol. The SMILES string of the molecule is COc1cc(OC)cc(C(=O)NNC(=O)[C@@H](Cc2ccccc2)N2C(=O)c3ccccc3C2=O)c1. The minimum atomic E-state index is -1.19. The normalized spacial score (nSPS) is 13.1. The fourth-order valence-corrected chi connectivity index (χ4v) is 3.84. The molecule has 0 bridgehead atoms. The van der Waals surface area contributed by atoms with E-state index in [4.69, 9.17) is 9.47 Å². The van der Waals surface area contributed by atoms with Crippen molar-refractivity contribution in [2.24, 2.45) is 0 Å². The van der Waals surface area contributed by atoms with Crippen LogP contribution < -0.4 is 20.3 Å². The zero-order valence-electron chi connectivity index (χ0n) is 19.1. The second-order valence-corrected chi connectivity index (χ2v) is 7.78. The Kier molecular flexibility index (Phi) is 6.77. The smallest absolute Gasteiger partial charge is 0.269 e. The predicted octanol–water partition coefficient (Wildman–Crippen LogP) is 2.37. The third-order valence-corrected chi connectivity index (χ3v) is 5.62. The highest BCUT2D eigenvalue weighted by atomic mass is 16.5. The van der Waals surface area contributed by atoms with Gasteiger partial charge in [0.05, 0.1) is 25.3 Å². The molecule has 4 amide bonds. The van der Waals surface area contributed by atoms with Gasteiger partial charge in [0.25, 0.3) is 23.6 Å². The van der Waals surface area contributed by atoms with Gasteiger partial charge in [0.15, 0.2) is 0 Å². The Morgan fingerprint density at radius 3 is 1.89 bits per heavy atom. The lowest BCUT2D eigenvalue weighted by Crippen LogP contribution is -2.54. The summed E-state index contributed by atoms with van der Waals surface area (Å²) in [6, 6.07) is 18.8. The summed E-state index contributed by atoms with van der Waals surface area (Å²) in [5.41, 5.74) is 6.09. The molecule has 3 aromatic rings. The molecule has 0 aliphatic carbocycles. The van der Waals surface area contributed by atoms with Gasteiger partial charge >= 0.3 is 0 Å². The van der Waals surface area contributed by atoms with Gasteiger partial charge in [-0.3, -0.25) is 34.9 Å². The minimum Gasteiger partial charge on any atom is -0.497 e. The van der Waals surface area contributed by atoms with Gasteiger partial charge in [-0.2, -0.15) is 0 Å². The van der Waals surface area contributed by atoms with Gasteiger partial charge in [-0.15, -0.1) is 0 Å². The molecule has 0 saturated carbocycles. The maximum absolute atomic E-state index is 13.2. The summed E-state index contributed by atoms with van der Waals surface area (Å²) in [4.78, 5) is 53.0. The number of amides is 4. The van der Waals surface area contributed by atoms with Crippen molar-refractivity contribution in [2.45, 2.75) is 12.5 Å². The first-order valence-corrected chi connectivity index (χ1v) is 10.8. The Balaban J connectivity index is 1.56. The van der Waals surface area contributed by atoms with E-state index in [2.05, 4.69) is 10.9 Å². The number of fused-ring (bicyclic) bond motifs is 1. The lowest BCUT2D eigenvalue weighted by atomic mass is 10.0. The summed E-state index contributed by atoms with van der Waals surface area (Å²) in [5.74, 6) is -1.68. The van der Waals surface area contributed by atoms with Crippen LogP contribution in [-0.2, 0) is 11.2 Å². The number of benzene rings is 3. The molecule has 4 rings (SSSR count). The first-order chi connectivity index (χ1) is 16.9. The van der Waals surface area contributed by atoms with E-state index >= 15 is 0 Å². The molecule has 0 radical (unpaired) electrons. The van der Waals surface area contributed by atoms with Crippen molar-refractivity contribution in [2.75, 3.05) is 14.2 Å². The third kappa shape index (κ3) is 4.84. The van der Waals surface area contributed by atoms with E-state index in [0.717, 1.165) is 10.5 Å². The van der Waals surface area contributed by atoms with E-state index in [-0.39, 0.29) is 23.1 Å². The summed E-state index contributed by atoms with van der Waals surface area (Å²) >= 11 is 0. The Morgan fingerprint density at radius 2 is 1.34 bits per heavy atom. The van der Waals surface area contributed by atoms with Gasteiger partial charge in [0.2, 0.25) is 0 Å². The Labute approximate surface area is 201 Å². The van der Waals surface area contributed by atoms with Gasteiger partial charge in [-0.25, -0.2) is 0 Å². The van der Waals surface area contributed by atoms with Gasteiger partial charge in [0.1, 0.15) is 17.5 Å². The number of rotatable bonds is 7. The topological polar surface area (TPSA) is 114 Å². The number of carbonyl (C=O) groups is 4. The quantitative estimate of drug-likeness (QED) is 0.402. The molecule has 1 atom stereocenters. The first-order valence-electron chi connectivity index (χ1n) is 10.8. The van der Waals surface area contributed by atoms with Gasteiger partial charge in [-0.1, -0.05) is 42.5 Å². The standard InChI is InChI=1S/C26H23N3O6/c1-34-18-13-17(14-19(15-18)35-2)23(30)27-28-24(31)22(12-16-8-4-3-5-9-16)29-25(32)20-10-6-7-11-21(20)26(29)33/h3-11,13-15,22H,12H2,1-2H3,(H,27,30)(H,28,31)/t22-/m1/s1. The van der Waals surface area contributed by atoms with Crippen molar-refractivity contribution in [3.05, 3.63) is 95.1 Å². The third-order valence-electron chi connectivity index (χ3n) is 5.62. The predicted molar refractivity (Wildman–Crippen MR) is 126 cm³/mol. The Morgan fingerprint density at radius 1 is 0.800 bits per heavy atom. The highest BCUT2D eigenvalue weighted by molar-refractivity contribution is 6.22. The van der Waals surface area contributed by atoms with Crippen LogP contribution in [0, 0.1) is 0 Å². The van der Waals surface area contributed by atoms with Gasteiger partial charge in [0, 0.05) is 18.1 Å². The van der Waals surface area contributed by atoms with Crippen molar-refractivity contribution >= 4 is 23.6 Å². The molecule has 3 aromatic carbocycles. The molecule has 0 spiro atoms. The number of ether oxygens (including phenoxy) is 2. The molecule has 0 saturated heterocycles. The molecular formula is C26H23N3O6. The maximum atomic E-state index is 13.2. The molecule has 0 fully saturated rings. The summed E-state index contributed by atoms with van der Waals surface area (Å²) in [5, 5.41) is 0. The minimum absolute atomic E-state index is 0.0704. The summed E-state index contributed by atoms with van der Waals surface area (Å²) in [7, 11) is 2.91. The van der Waals surface area contributed by atoms with Crippen LogP contribution in [0.25, 0.3) is 0 Å². The Hall–Kier alpha value is -4.66. The van der Waals surface area contributed by atoms with Crippen molar-refractivity contribution in [3.8, 4) is 11.5 Å². The molecule has 0 aromatic heterocycles. The lowest BCUT2D eigenvalue weighted by Gasteiger charge is -2.25. The number of carbonyl (C=O) groups excluding carboxylic acids is 4. The van der Waals surface area contributed by atoms with Crippen LogP contribution in [0.2, 0.25) is 0 Å². The average Bonchev–Trinajstić information content (AvgIpc) is 3.15. The van der Waals surface area contributed by atoms with Gasteiger partial charge < -0.3 is 9.47 Å². The number of nitrogens with zero attached hydrogens (tertiary/aromatic N) is 1. The summed E-state index contributed by atoms with van der Waals surface area (Å²) < 4.78 is 10.3. The number of methoxy groups -OCH3 is 2. The number of hydrazine groups is 1. The molecule has 35 heavy (non-hydrogen) atoms. The van der Waals surface area contributed by atoms with Crippen LogP contribution in [0.1, 0.15) is 36.6 Å². The van der Waals surface area contributed by atoms with E-state index in [0.29, 0.717) is 11.5 Å². The fraction of sp³-hybridized carbons (Fsp3) is 0.154. The van der Waals surface area contributed by atoms with Crippen LogP contribution >= 0.6 is 0 Å². The monoisotopic (exact) mass is 473 g/mol. The molecule has 0 unspecified atom stereocenters. The largest absolute Gasteiger partial charge is 0.497 e. The second-order valence-electron chi connectivity index (χ2n) is 7.78. The zero-order chi connectivity index (χ0) is 24.9. The molecule has 2 N–H and O–H groups in total. The van der Waals surface area contributed by atoms with Crippen LogP contribution in [0.3, 0.4) is 0 Å². The van der Waals surface area contributed by atoms with E-state index in [9.17, 15) is 19.2 Å². The second kappa shape index (κ2) is 10.1. The number of hydrogen-bond donors (Lipinski definition) is 2. The number of nitrogens with one attached hydrogen (secondary N) is 2. The van der Waals surface area contributed by atoms with E-state index < -0.39 is 29.7 Å². The van der Waals surface area contributed by atoms with Crippen molar-refractivity contribution in [3.63, 3.8) is 0 Å². The van der Waals surface area contributed by atoms with Crippen molar-refractivity contribution in [1.29, 1.82) is 0 Å². The molecule has 1 heterocycles. The van der Waals surface area contributed by atoms with Crippen molar-refractivity contribution in [1.82, 2.24) is 15.8 Å². The molecule has 178 valence electrons. The molecule has 9 nitrogen and oxygen atoms in total. The van der Waals surface area contributed by atoms with Crippen LogP contribution in [0.4, 0.5) is 0 Å². The number of hydrogen-bond acceptors (Lipinski definition) is 6. The van der Waals surface area contributed by atoms with E-state index in [1.807, 2.05) is 6.07 Å². The molecule has 9 heteroatoms. The Bertz CT molecular complexity index is 1230. The summed E-state index contributed by atoms with van der Waals surface area (Å²) in [6.45, 7) is 0. The first kappa shape index (κ1) is 23.5. The molecule has 1 aliphatic rings. The maximum Gasteiger partial charge on any atom is 0.269 e. The number of imide groups is 1. The zero-order valence-corrected chi connectivity index (χ0v) is 19.1. The molecule has 1 aliphatic heterocycles. The van der Waals surface area contributed by atoms with Gasteiger partial charge in [-0.05, 0) is 29.8 Å². The highest BCUT2D eigenvalue weighted by Crippen LogP contribution is 2.26. The van der Waals surface area contributed by atoms with E-state index in [1.165, 1.54) is 26.4 Å². The summed E-state index contributed by atoms with van der Waals surface area (Å²) in [6.07, 6.45) is 0.0704. The van der Waals surface area contributed by atoms with Crippen LogP contribution in [0.15, 0.2) is 72.8 Å².